The van der Waals surface area contributed by atoms with E-state index in [4.69, 9.17) is 0 Å². The van der Waals surface area contributed by atoms with Crippen molar-refractivity contribution in [3.63, 3.8) is 0 Å². The molecular formula is C14H20N2S. The lowest BCUT2D eigenvalue weighted by Crippen LogP contribution is -2.17. The minimum atomic E-state index is 0.443. The Bertz CT molecular complexity index is 490. The molecule has 17 heavy (non-hydrogen) atoms. The van der Waals surface area contributed by atoms with Crippen LogP contribution in [0.4, 0.5) is 0 Å². The van der Waals surface area contributed by atoms with Gasteiger partial charge >= 0.3 is 0 Å². The predicted octanol–water partition coefficient (Wildman–Crippen LogP) is 3.49. The summed E-state index contributed by atoms with van der Waals surface area (Å²) < 4.78 is 0. The van der Waals surface area contributed by atoms with Crippen LogP contribution in [0.3, 0.4) is 0 Å². The van der Waals surface area contributed by atoms with Gasteiger partial charge in [0.1, 0.15) is 0 Å². The number of benzene rings is 1. The Balaban J connectivity index is 2.41. The lowest BCUT2D eigenvalue weighted by Gasteiger charge is -2.16. The highest BCUT2D eigenvalue weighted by Crippen LogP contribution is 2.29. The molecule has 0 aliphatic heterocycles. The van der Waals surface area contributed by atoms with Crippen LogP contribution in [0.25, 0.3) is 10.9 Å². The fraction of sp³-hybridized carbons (Fsp3) is 0.429. The first-order chi connectivity index (χ1) is 8.27. The third-order valence-electron chi connectivity index (χ3n) is 3.25. The van der Waals surface area contributed by atoms with Crippen LogP contribution in [-0.4, -0.2) is 24.0 Å². The molecule has 3 heteroatoms. The van der Waals surface area contributed by atoms with E-state index in [2.05, 4.69) is 47.7 Å². The van der Waals surface area contributed by atoms with Gasteiger partial charge in [-0.3, -0.25) is 0 Å². The molecule has 0 saturated heterocycles. The topological polar surface area (TPSA) is 27.8 Å². The molecule has 2 N–H and O–H groups in total. The summed E-state index contributed by atoms with van der Waals surface area (Å²) in [6, 6.07) is 8.99. The third-order valence-corrected chi connectivity index (χ3v) is 3.89. The van der Waals surface area contributed by atoms with Gasteiger partial charge in [-0.1, -0.05) is 18.2 Å². The van der Waals surface area contributed by atoms with Crippen molar-refractivity contribution in [3.05, 3.63) is 35.5 Å². The van der Waals surface area contributed by atoms with Crippen molar-refractivity contribution in [2.24, 2.45) is 0 Å². The summed E-state index contributed by atoms with van der Waals surface area (Å²) in [6.07, 6.45) is 3.33. The SMILES string of the molecule is CNC(CCSC)c1c(C)[nH]c2ccccc12. The Morgan fingerprint density at radius 3 is 2.82 bits per heavy atom. The van der Waals surface area contributed by atoms with Crippen molar-refractivity contribution >= 4 is 22.7 Å². The van der Waals surface area contributed by atoms with Gasteiger partial charge in [-0.25, -0.2) is 0 Å². The Hall–Kier alpha value is -0.930. The van der Waals surface area contributed by atoms with Crippen molar-refractivity contribution in [1.82, 2.24) is 10.3 Å². The van der Waals surface area contributed by atoms with E-state index in [0.29, 0.717) is 6.04 Å². The molecule has 0 aliphatic carbocycles. The number of hydrogen-bond acceptors (Lipinski definition) is 2. The van der Waals surface area contributed by atoms with Crippen molar-refractivity contribution in [2.75, 3.05) is 19.1 Å². The highest BCUT2D eigenvalue weighted by atomic mass is 32.2. The van der Waals surface area contributed by atoms with E-state index in [1.165, 1.54) is 34.3 Å². The molecule has 2 nitrogen and oxygen atoms in total. The van der Waals surface area contributed by atoms with Gasteiger partial charge in [-0.2, -0.15) is 11.8 Å². The van der Waals surface area contributed by atoms with E-state index < -0.39 is 0 Å². The minimum absolute atomic E-state index is 0.443. The number of para-hydroxylation sites is 1. The standard InChI is InChI=1S/C14H20N2S/c1-10-14(13(15-2)8-9-17-3)11-6-4-5-7-12(11)16-10/h4-7,13,15-16H,8-9H2,1-3H3. The number of fused-ring (bicyclic) bond motifs is 1. The Morgan fingerprint density at radius 2 is 2.12 bits per heavy atom. The highest BCUT2D eigenvalue weighted by molar-refractivity contribution is 7.98. The number of hydrogen-bond donors (Lipinski definition) is 2. The maximum absolute atomic E-state index is 3.47. The molecule has 2 rings (SSSR count). The first kappa shape index (κ1) is 12.5. The second-order valence-corrected chi connectivity index (χ2v) is 5.32. The van der Waals surface area contributed by atoms with Gasteiger partial charge in [0.25, 0.3) is 0 Å². The normalized spacial score (nSPS) is 13.1. The zero-order valence-electron chi connectivity index (χ0n) is 10.7. The minimum Gasteiger partial charge on any atom is -0.358 e. The van der Waals surface area contributed by atoms with Gasteiger partial charge in [0.2, 0.25) is 0 Å². The average Bonchev–Trinajstić information content (AvgIpc) is 2.67. The quantitative estimate of drug-likeness (QED) is 0.847. The molecule has 2 aromatic rings. The van der Waals surface area contributed by atoms with E-state index in [9.17, 15) is 0 Å². The van der Waals surface area contributed by atoms with Crippen LogP contribution in [0.5, 0.6) is 0 Å². The molecule has 0 radical (unpaired) electrons. The summed E-state index contributed by atoms with van der Waals surface area (Å²) >= 11 is 1.90. The largest absolute Gasteiger partial charge is 0.358 e. The number of H-pyrrole nitrogens is 1. The Kier molecular flexibility index (Phi) is 4.13. The van der Waals surface area contributed by atoms with Crippen LogP contribution in [-0.2, 0) is 0 Å². The first-order valence-corrected chi connectivity index (χ1v) is 7.40. The molecule has 1 atom stereocenters. The van der Waals surface area contributed by atoms with Crippen molar-refractivity contribution in [1.29, 1.82) is 0 Å². The summed E-state index contributed by atoms with van der Waals surface area (Å²) in [4.78, 5) is 3.47. The smallest absolute Gasteiger partial charge is 0.0459 e. The van der Waals surface area contributed by atoms with Crippen LogP contribution in [0.1, 0.15) is 23.7 Å². The van der Waals surface area contributed by atoms with E-state index in [1.807, 2.05) is 18.8 Å². The molecule has 92 valence electrons. The second kappa shape index (κ2) is 5.61. The van der Waals surface area contributed by atoms with Crippen molar-refractivity contribution in [3.8, 4) is 0 Å². The summed E-state index contributed by atoms with van der Waals surface area (Å²) in [7, 11) is 2.05. The predicted molar refractivity (Wildman–Crippen MR) is 77.8 cm³/mol. The van der Waals surface area contributed by atoms with Crippen LogP contribution in [0.15, 0.2) is 24.3 Å². The molecule has 1 aromatic carbocycles. The molecule has 0 spiro atoms. The van der Waals surface area contributed by atoms with E-state index in [1.54, 1.807) is 0 Å². The number of aromatic nitrogens is 1. The Labute approximate surface area is 107 Å². The number of nitrogens with one attached hydrogen (secondary N) is 2. The summed E-state index contributed by atoms with van der Waals surface area (Å²) in [6.45, 7) is 2.17. The lowest BCUT2D eigenvalue weighted by molar-refractivity contribution is 0.582. The lowest BCUT2D eigenvalue weighted by atomic mass is 10.0. The highest BCUT2D eigenvalue weighted by Gasteiger charge is 2.16. The molecule has 0 aliphatic rings. The van der Waals surface area contributed by atoms with Gasteiger partial charge in [-0.15, -0.1) is 0 Å². The molecular weight excluding hydrogens is 228 g/mol. The molecule has 0 bridgehead atoms. The summed E-state index contributed by atoms with van der Waals surface area (Å²) in [5, 5.41) is 4.79. The third kappa shape index (κ3) is 2.50. The first-order valence-electron chi connectivity index (χ1n) is 6.01. The molecule has 0 amide bonds. The Morgan fingerprint density at radius 1 is 1.35 bits per heavy atom. The van der Waals surface area contributed by atoms with Gasteiger partial charge < -0.3 is 10.3 Å². The van der Waals surface area contributed by atoms with Crippen LogP contribution < -0.4 is 5.32 Å². The summed E-state index contributed by atoms with van der Waals surface area (Å²) in [5.74, 6) is 1.18. The van der Waals surface area contributed by atoms with Crippen molar-refractivity contribution < 1.29 is 0 Å². The molecule has 0 fully saturated rings. The maximum atomic E-state index is 3.47. The fourth-order valence-corrected chi connectivity index (χ4v) is 2.89. The molecule has 1 aromatic heterocycles. The van der Waals surface area contributed by atoms with E-state index in [-0.39, 0.29) is 0 Å². The van der Waals surface area contributed by atoms with Crippen LogP contribution in [0.2, 0.25) is 0 Å². The molecule has 0 saturated carbocycles. The average molecular weight is 248 g/mol. The van der Waals surface area contributed by atoms with Crippen LogP contribution >= 0.6 is 11.8 Å². The van der Waals surface area contributed by atoms with Gasteiger partial charge in [-0.05, 0) is 44.0 Å². The number of aryl methyl sites for hydroxylation is 1. The molecule has 1 heterocycles. The van der Waals surface area contributed by atoms with Crippen molar-refractivity contribution in [2.45, 2.75) is 19.4 Å². The van der Waals surface area contributed by atoms with Gasteiger partial charge in [0, 0.05) is 22.6 Å². The number of thioether (sulfide) groups is 1. The second-order valence-electron chi connectivity index (χ2n) is 4.33. The zero-order valence-corrected chi connectivity index (χ0v) is 11.5. The van der Waals surface area contributed by atoms with Crippen LogP contribution in [0, 0.1) is 6.92 Å². The maximum Gasteiger partial charge on any atom is 0.0459 e. The zero-order chi connectivity index (χ0) is 12.3. The van der Waals surface area contributed by atoms with Gasteiger partial charge in [0.15, 0.2) is 0 Å². The van der Waals surface area contributed by atoms with Gasteiger partial charge in [0.05, 0.1) is 0 Å². The van der Waals surface area contributed by atoms with E-state index >= 15 is 0 Å². The fourth-order valence-electron chi connectivity index (χ4n) is 2.42. The molecule has 1 unspecified atom stereocenters. The monoisotopic (exact) mass is 248 g/mol. The van der Waals surface area contributed by atoms with E-state index in [0.717, 1.165) is 0 Å². The number of aromatic amines is 1. The summed E-state index contributed by atoms with van der Waals surface area (Å²) in [5.41, 5.74) is 3.95. The number of rotatable bonds is 5.